The van der Waals surface area contributed by atoms with Crippen molar-refractivity contribution in [3.63, 3.8) is 0 Å². The van der Waals surface area contributed by atoms with Crippen molar-refractivity contribution < 1.29 is 0 Å². The van der Waals surface area contributed by atoms with Gasteiger partial charge in [-0.3, -0.25) is 0 Å². The molecule has 0 radical (unpaired) electrons. The van der Waals surface area contributed by atoms with Crippen LogP contribution in [0.5, 0.6) is 0 Å². The van der Waals surface area contributed by atoms with Crippen molar-refractivity contribution in [2.45, 2.75) is 58.9 Å². The van der Waals surface area contributed by atoms with Gasteiger partial charge in [0, 0.05) is 6.54 Å². The summed E-state index contributed by atoms with van der Waals surface area (Å²) in [5, 5.41) is 12.2. The second-order valence-corrected chi connectivity index (χ2v) is 7.30. The van der Waals surface area contributed by atoms with Crippen molar-refractivity contribution in [2.75, 3.05) is 26.7 Å². The van der Waals surface area contributed by atoms with Crippen molar-refractivity contribution in [2.24, 2.45) is 11.3 Å². The van der Waals surface area contributed by atoms with E-state index in [1.54, 1.807) is 0 Å². The van der Waals surface area contributed by atoms with Gasteiger partial charge in [-0.2, -0.15) is 5.26 Å². The fraction of sp³-hybridized carbons (Fsp3) is 0.938. The molecule has 1 saturated heterocycles. The van der Waals surface area contributed by atoms with Crippen LogP contribution in [-0.2, 0) is 0 Å². The molecule has 0 spiro atoms. The number of nitrogens with one attached hydrogen (secondary N) is 1. The Hall–Kier alpha value is -0.590. The van der Waals surface area contributed by atoms with E-state index < -0.39 is 0 Å². The molecule has 1 aliphatic heterocycles. The summed E-state index contributed by atoms with van der Waals surface area (Å²) < 4.78 is 0. The Morgan fingerprint density at radius 2 is 1.95 bits per heavy atom. The summed E-state index contributed by atoms with van der Waals surface area (Å²) in [6.07, 6.45) is 4.61. The van der Waals surface area contributed by atoms with Crippen LogP contribution in [0.4, 0.5) is 0 Å². The molecule has 1 heterocycles. The number of hydrogen-bond donors (Lipinski definition) is 1. The van der Waals surface area contributed by atoms with Crippen molar-refractivity contribution in [3.05, 3.63) is 0 Å². The normalized spacial score (nSPS) is 24.1. The fourth-order valence-electron chi connectivity index (χ4n) is 2.79. The zero-order valence-corrected chi connectivity index (χ0v) is 13.4. The molecule has 2 unspecified atom stereocenters. The molecule has 1 fully saturated rings. The van der Waals surface area contributed by atoms with Gasteiger partial charge in [0.25, 0.3) is 0 Å². The smallest absolute Gasteiger partial charge is 0.103 e. The average molecular weight is 265 g/mol. The molecule has 3 heteroatoms. The molecule has 0 saturated carbocycles. The Morgan fingerprint density at radius 1 is 1.26 bits per heavy atom. The zero-order valence-electron chi connectivity index (χ0n) is 13.4. The van der Waals surface area contributed by atoms with Crippen molar-refractivity contribution in [1.29, 1.82) is 5.26 Å². The Bertz CT molecular complexity index is 313. The highest BCUT2D eigenvalue weighted by Gasteiger charge is 2.31. The third kappa shape index (κ3) is 5.12. The van der Waals surface area contributed by atoms with Crippen LogP contribution in [0.3, 0.4) is 0 Å². The first-order valence-electron chi connectivity index (χ1n) is 7.63. The molecule has 0 bridgehead atoms. The Labute approximate surface area is 119 Å². The van der Waals surface area contributed by atoms with Crippen molar-refractivity contribution in [1.82, 2.24) is 10.2 Å². The number of likely N-dealkylation sites (tertiary alicyclic amines) is 1. The zero-order chi connectivity index (χ0) is 14.5. The third-order valence-electron chi connectivity index (χ3n) is 4.70. The number of rotatable bonds is 6. The first-order valence-corrected chi connectivity index (χ1v) is 7.63. The van der Waals surface area contributed by atoms with E-state index in [1.165, 1.54) is 32.5 Å². The van der Waals surface area contributed by atoms with Crippen LogP contribution in [-0.4, -0.2) is 37.1 Å². The van der Waals surface area contributed by atoms with Gasteiger partial charge in [0.1, 0.15) is 5.54 Å². The molecular weight excluding hydrogens is 234 g/mol. The van der Waals surface area contributed by atoms with E-state index >= 15 is 0 Å². The lowest BCUT2D eigenvalue weighted by atomic mass is 9.80. The topological polar surface area (TPSA) is 39.1 Å². The predicted octanol–water partition coefficient (Wildman–Crippen LogP) is 3.03. The van der Waals surface area contributed by atoms with Gasteiger partial charge in [-0.15, -0.1) is 0 Å². The summed E-state index contributed by atoms with van der Waals surface area (Å²) in [6.45, 7) is 12.7. The van der Waals surface area contributed by atoms with E-state index in [9.17, 15) is 0 Å². The average Bonchev–Trinajstić information content (AvgIpc) is 2.83. The van der Waals surface area contributed by atoms with E-state index in [2.05, 4.69) is 37.1 Å². The van der Waals surface area contributed by atoms with Gasteiger partial charge in [-0.1, -0.05) is 20.8 Å². The molecule has 1 N–H and O–H groups in total. The first-order chi connectivity index (χ1) is 8.80. The lowest BCUT2D eigenvalue weighted by Gasteiger charge is -2.27. The van der Waals surface area contributed by atoms with E-state index in [0.717, 1.165) is 18.8 Å². The summed E-state index contributed by atoms with van der Waals surface area (Å²) in [7, 11) is 1.87. The van der Waals surface area contributed by atoms with Gasteiger partial charge < -0.3 is 10.2 Å². The highest BCUT2D eigenvalue weighted by molar-refractivity contribution is 5.02. The minimum absolute atomic E-state index is 0.348. The quantitative estimate of drug-likeness (QED) is 0.750. The standard InChI is InChI=1S/C16H31N3/c1-15(2,3)14-8-11-19(12-14)10-7-6-9-16(4,13-17)18-5/h14,18H,6-12H2,1-5H3. The van der Waals surface area contributed by atoms with Crippen LogP contribution in [0.25, 0.3) is 0 Å². The summed E-state index contributed by atoms with van der Waals surface area (Å²) in [4.78, 5) is 2.60. The largest absolute Gasteiger partial charge is 0.303 e. The molecule has 1 rings (SSSR count). The van der Waals surface area contributed by atoms with Gasteiger partial charge in [-0.25, -0.2) is 0 Å². The molecule has 19 heavy (non-hydrogen) atoms. The van der Waals surface area contributed by atoms with Gasteiger partial charge >= 0.3 is 0 Å². The molecule has 0 amide bonds. The predicted molar refractivity (Wildman–Crippen MR) is 80.9 cm³/mol. The summed E-state index contributed by atoms with van der Waals surface area (Å²) >= 11 is 0. The summed E-state index contributed by atoms with van der Waals surface area (Å²) in [5.74, 6) is 0.842. The number of nitrogens with zero attached hydrogens (tertiary/aromatic N) is 2. The monoisotopic (exact) mass is 265 g/mol. The number of nitriles is 1. The maximum absolute atomic E-state index is 9.10. The second-order valence-electron chi connectivity index (χ2n) is 7.30. The summed E-state index contributed by atoms with van der Waals surface area (Å²) in [6, 6.07) is 2.36. The molecule has 1 aliphatic rings. The molecule has 0 aromatic heterocycles. The van der Waals surface area contributed by atoms with Crippen LogP contribution >= 0.6 is 0 Å². The second kappa shape index (κ2) is 6.72. The van der Waals surface area contributed by atoms with Crippen molar-refractivity contribution in [3.8, 4) is 6.07 Å². The van der Waals surface area contributed by atoms with Gasteiger partial charge in [0.2, 0.25) is 0 Å². The van der Waals surface area contributed by atoms with E-state index in [1.807, 2.05) is 14.0 Å². The summed E-state index contributed by atoms with van der Waals surface area (Å²) in [5.41, 5.74) is 0.0964. The highest BCUT2D eigenvalue weighted by Crippen LogP contribution is 2.33. The highest BCUT2D eigenvalue weighted by atomic mass is 15.1. The number of hydrogen-bond acceptors (Lipinski definition) is 3. The van der Waals surface area contributed by atoms with Crippen LogP contribution in [0.15, 0.2) is 0 Å². The molecule has 0 aliphatic carbocycles. The van der Waals surface area contributed by atoms with E-state index in [-0.39, 0.29) is 5.54 Å². The maximum Gasteiger partial charge on any atom is 0.103 e. The third-order valence-corrected chi connectivity index (χ3v) is 4.70. The van der Waals surface area contributed by atoms with Crippen LogP contribution in [0.2, 0.25) is 0 Å². The van der Waals surface area contributed by atoms with Crippen LogP contribution in [0, 0.1) is 22.7 Å². The minimum atomic E-state index is -0.348. The molecule has 3 nitrogen and oxygen atoms in total. The van der Waals surface area contributed by atoms with E-state index in [0.29, 0.717) is 5.41 Å². The van der Waals surface area contributed by atoms with Gasteiger partial charge in [0.15, 0.2) is 0 Å². The Kier molecular flexibility index (Phi) is 5.82. The Morgan fingerprint density at radius 3 is 2.42 bits per heavy atom. The molecule has 2 atom stereocenters. The van der Waals surface area contributed by atoms with Gasteiger partial charge in [0.05, 0.1) is 6.07 Å². The lowest BCUT2D eigenvalue weighted by molar-refractivity contribution is 0.227. The molecule has 0 aromatic carbocycles. The molecular formula is C16H31N3. The lowest BCUT2D eigenvalue weighted by Crippen LogP contribution is -2.38. The SMILES string of the molecule is CNC(C)(C#N)CCCCN1CCC(C(C)(C)C)C1. The van der Waals surface area contributed by atoms with Crippen LogP contribution in [0.1, 0.15) is 53.4 Å². The molecule has 0 aromatic rings. The first kappa shape index (κ1) is 16.5. The van der Waals surface area contributed by atoms with Gasteiger partial charge in [-0.05, 0) is 64.1 Å². The fourth-order valence-corrected chi connectivity index (χ4v) is 2.79. The van der Waals surface area contributed by atoms with Crippen molar-refractivity contribution >= 4 is 0 Å². The van der Waals surface area contributed by atoms with E-state index in [4.69, 9.17) is 5.26 Å². The van der Waals surface area contributed by atoms with Crippen LogP contribution < -0.4 is 5.32 Å². The maximum atomic E-state index is 9.10. The molecule has 110 valence electrons. The number of unbranched alkanes of at least 4 members (excludes halogenated alkanes) is 1. The minimum Gasteiger partial charge on any atom is -0.303 e. The Balaban J connectivity index is 2.20.